The molecule has 22 heteroatoms. The van der Waals surface area contributed by atoms with Gasteiger partial charge in [-0.2, -0.15) is 0 Å². The number of hydrogen-bond acceptors (Lipinski definition) is 13. The van der Waals surface area contributed by atoms with Crippen molar-refractivity contribution < 1.29 is 38.4 Å². The molecule has 8 aromatic rings. The van der Waals surface area contributed by atoms with Crippen LogP contribution in [-0.4, -0.2) is 119 Å². The van der Waals surface area contributed by atoms with Crippen molar-refractivity contribution in [1.29, 1.82) is 0 Å². The summed E-state index contributed by atoms with van der Waals surface area (Å²) in [7, 11) is 2.19. The third-order valence-corrected chi connectivity index (χ3v) is 19.0. The molecule has 0 bridgehead atoms. The Bertz CT molecular complexity index is 3760. The zero-order valence-electron chi connectivity index (χ0n) is 48.3. The second kappa shape index (κ2) is 29.9. The first kappa shape index (κ1) is 63.2. The van der Waals surface area contributed by atoms with Gasteiger partial charge in [-0.05, 0) is 100.0 Å². The first-order valence-electron chi connectivity index (χ1n) is 29.1. The SMILES string of the molecule is CC(C)[C@@H]1NC(=O)[C@H](CCCCN)NC(=O)[C@@H](Cc2c[nH]c3ccccc23)NC(=O)[C@H](Cc2cc3ccccc3s2)NC(=O)[C@H](NC(=O)[C@@H](N)Cc2ccc3ccccc3c2)CSSC[C@@H](C(=O)N[C@@H](Cc2ccc3ccccc3c2)C(N)=O)NC1=O. The minimum atomic E-state index is -1.37. The van der Waals surface area contributed by atoms with Gasteiger partial charge in [-0.1, -0.05) is 157 Å². The monoisotopic (exact) mass is 1230 g/mol. The van der Waals surface area contributed by atoms with Crippen molar-refractivity contribution >= 4 is 123 Å². The van der Waals surface area contributed by atoms with Crippen molar-refractivity contribution in [2.24, 2.45) is 23.1 Å². The minimum Gasteiger partial charge on any atom is -0.368 e. The summed E-state index contributed by atoms with van der Waals surface area (Å²) in [4.78, 5) is 121. The van der Waals surface area contributed by atoms with Crippen LogP contribution in [0.15, 0.2) is 146 Å². The van der Waals surface area contributed by atoms with Crippen LogP contribution in [0.5, 0.6) is 0 Å². The lowest BCUT2D eigenvalue weighted by atomic mass is 10.00. The van der Waals surface area contributed by atoms with Crippen LogP contribution in [0.4, 0.5) is 0 Å². The summed E-state index contributed by atoms with van der Waals surface area (Å²) in [5.74, 6) is -6.73. The number of carbonyl (C=O) groups is 8. The molecule has 2 aromatic heterocycles. The summed E-state index contributed by atoms with van der Waals surface area (Å²) in [6, 6.07) is 33.8. The van der Waals surface area contributed by atoms with Crippen molar-refractivity contribution in [3.05, 3.63) is 167 Å². The number of carbonyl (C=O) groups excluding carboxylic acids is 8. The number of amides is 8. The highest BCUT2D eigenvalue weighted by Gasteiger charge is 2.36. The molecule has 0 unspecified atom stereocenters. The average Bonchev–Trinajstić information content (AvgIpc) is 4.33. The lowest BCUT2D eigenvalue weighted by Crippen LogP contribution is -2.61. The number of rotatable bonds is 18. The fourth-order valence-corrected chi connectivity index (χ4v) is 14.0. The molecular formula is C65H73N11O8S3. The highest BCUT2D eigenvalue weighted by Crippen LogP contribution is 2.28. The molecule has 0 radical (unpaired) electrons. The smallest absolute Gasteiger partial charge is 0.244 e. The summed E-state index contributed by atoms with van der Waals surface area (Å²) < 4.78 is 0.943. The lowest BCUT2D eigenvalue weighted by molar-refractivity contribution is -0.136. The van der Waals surface area contributed by atoms with Crippen LogP contribution < -0.4 is 54.4 Å². The van der Waals surface area contributed by atoms with E-state index in [0.29, 0.717) is 24.9 Å². The minimum absolute atomic E-state index is 0.0211. The summed E-state index contributed by atoms with van der Waals surface area (Å²) in [5.41, 5.74) is 21.5. The fourth-order valence-electron chi connectivity index (χ4n) is 10.6. The van der Waals surface area contributed by atoms with Crippen molar-refractivity contribution in [3.8, 4) is 0 Å². The number of unbranched alkanes of at least 4 members (excludes halogenated alkanes) is 1. The van der Waals surface area contributed by atoms with E-state index in [4.69, 9.17) is 17.2 Å². The predicted molar refractivity (Wildman–Crippen MR) is 346 cm³/mol. The molecule has 1 aliphatic heterocycles. The zero-order chi connectivity index (χ0) is 61.6. The molecule has 1 aliphatic rings. The Balaban J connectivity index is 1.06. The summed E-state index contributed by atoms with van der Waals surface area (Å²) >= 11 is 1.44. The molecule has 1 saturated heterocycles. The Morgan fingerprint density at radius 2 is 1.20 bits per heavy atom. The van der Waals surface area contributed by atoms with Gasteiger partial charge in [0, 0.05) is 57.4 Å². The number of para-hydroxylation sites is 1. The van der Waals surface area contributed by atoms with Gasteiger partial charge in [0.05, 0.1) is 6.04 Å². The molecule has 454 valence electrons. The van der Waals surface area contributed by atoms with Gasteiger partial charge in [0.15, 0.2) is 0 Å². The number of aromatic nitrogens is 1. The van der Waals surface area contributed by atoms with Crippen LogP contribution >= 0.6 is 32.9 Å². The Labute approximate surface area is 516 Å². The van der Waals surface area contributed by atoms with E-state index >= 15 is 14.4 Å². The van der Waals surface area contributed by atoms with Crippen LogP contribution in [0.25, 0.3) is 42.5 Å². The number of thiophene rings is 1. The van der Waals surface area contributed by atoms with Gasteiger partial charge < -0.3 is 59.4 Å². The van der Waals surface area contributed by atoms with Gasteiger partial charge >= 0.3 is 0 Å². The number of primary amides is 1. The largest absolute Gasteiger partial charge is 0.368 e. The second-order valence-electron chi connectivity index (χ2n) is 22.2. The zero-order valence-corrected chi connectivity index (χ0v) is 50.8. The Morgan fingerprint density at radius 3 is 1.86 bits per heavy atom. The Hall–Kier alpha value is -8.28. The van der Waals surface area contributed by atoms with Crippen LogP contribution in [0.3, 0.4) is 0 Å². The van der Waals surface area contributed by atoms with Gasteiger partial charge in [-0.25, -0.2) is 0 Å². The first-order valence-corrected chi connectivity index (χ1v) is 32.4. The van der Waals surface area contributed by atoms with Gasteiger partial charge in [0.25, 0.3) is 0 Å². The van der Waals surface area contributed by atoms with Gasteiger partial charge in [0.1, 0.15) is 42.3 Å². The predicted octanol–water partition coefficient (Wildman–Crippen LogP) is 5.35. The van der Waals surface area contributed by atoms with E-state index < -0.39 is 102 Å². The van der Waals surface area contributed by atoms with E-state index in [1.165, 1.54) is 11.3 Å². The molecule has 3 heterocycles. The fraction of sp³-hybridized carbons (Fsp3) is 0.323. The maximum atomic E-state index is 15.2. The molecule has 1 fully saturated rings. The van der Waals surface area contributed by atoms with Crippen molar-refractivity contribution in [1.82, 2.24) is 42.2 Å². The van der Waals surface area contributed by atoms with Crippen LogP contribution in [0.1, 0.15) is 54.7 Å². The van der Waals surface area contributed by atoms with E-state index in [2.05, 4.69) is 42.2 Å². The van der Waals surface area contributed by atoms with E-state index in [-0.39, 0.29) is 43.6 Å². The van der Waals surface area contributed by atoms with Crippen molar-refractivity contribution in [2.45, 2.75) is 107 Å². The summed E-state index contributed by atoms with van der Waals surface area (Å²) in [6.07, 6.45) is 2.83. The molecule has 8 amide bonds. The molecule has 87 heavy (non-hydrogen) atoms. The Morgan fingerprint density at radius 1 is 0.609 bits per heavy atom. The number of nitrogens with two attached hydrogens (primary N) is 3. The molecule has 0 spiro atoms. The third kappa shape index (κ3) is 16.8. The first-order chi connectivity index (χ1) is 42.0. The van der Waals surface area contributed by atoms with Crippen molar-refractivity contribution in [2.75, 3.05) is 18.1 Å². The van der Waals surface area contributed by atoms with E-state index in [1.54, 1.807) is 20.0 Å². The molecular weight excluding hydrogens is 1160 g/mol. The molecule has 14 N–H and O–H groups in total. The standard InChI is InChI=1S/C65H73N11O8S3/c1-37(2)57-65(84)75-55(63(82)71-51(58(68)77)30-39-23-25-41-14-4-6-16-43(41)28-39)36-86-85-35-54(74-59(78)48(67)29-38-22-24-40-13-3-5-15-42(40)27-38)64(83)73-53(33-46-31-44-17-7-10-21-56(44)87-46)62(81)72-52(32-45-34-69-49-19-9-8-18-47(45)49)61(80)70-50(60(79)76-57)20-11-12-26-66/h3-10,13-19,21-25,27-28,31,34,37,48,50-55,57,69H,11-12,20,26,29-30,32-33,35-36,66-67H2,1-2H3,(H2,68,77)(H,70,80)(H,71,82)(H,72,81)(H,73,83)(H,74,78)(H,75,84)(H,76,79)/t48-,50-,51-,52+,53-,54+,55-,57-/m0/s1. The van der Waals surface area contributed by atoms with Gasteiger partial charge in [0.2, 0.25) is 47.3 Å². The second-order valence-corrected chi connectivity index (χ2v) is 26.0. The van der Waals surface area contributed by atoms with Crippen LogP contribution in [0.2, 0.25) is 0 Å². The summed E-state index contributed by atoms with van der Waals surface area (Å²) in [6.45, 7) is 3.73. The number of fused-ring (bicyclic) bond motifs is 4. The maximum Gasteiger partial charge on any atom is 0.244 e. The molecule has 19 nitrogen and oxygen atoms in total. The molecule has 8 atom stereocenters. The van der Waals surface area contributed by atoms with Gasteiger partial charge in [-0.3, -0.25) is 38.4 Å². The van der Waals surface area contributed by atoms with E-state index in [1.807, 2.05) is 140 Å². The highest BCUT2D eigenvalue weighted by molar-refractivity contribution is 8.76. The molecule has 6 aromatic carbocycles. The van der Waals surface area contributed by atoms with Crippen LogP contribution in [0, 0.1) is 5.92 Å². The normalized spacial score (nSPS) is 20.2. The highest BCUT2D eigenvalue weighted by atomic mass is 33.1. The van der Waals surface area contributed by atoms with E-state index in [9.17, 15) is 24.0 Å². The number of hydrogen-bond donors (Lipinski definition) is 11. The number of benzene rings is 6. The van der Waals surface area contributed by atoms with Gasteiger partial charge in [-0.15, -0.1) is 11.3 Å². The quantitative estimate of drug-likeness (QED) is 0.0383. The van der Waals surface area contributed by atoms with Crippen molar-refractivity contribution in [3.63, 3.8) is 0 Å². The van der Waals surface area contributed by atoms with E-state index in [0.717, 1.165) is 80.1 Å². The lowest BCUT2D eigenvalue weighted by Gasteiger charge is -2.29. The molecule has 0 aliphatic carbocycles. The number of aromatic amines is 1. The average molecular weight is 1230 g/mol. The number of nitrogens with one attached hydrogen (secondary N) is 8. The van der Waals surface area contributed by atoms with Crippen LogP contribution in [-0.2, 0) is 64.0 Å². The topological polar surface area (TPSA) is 315 Å². The summed E-state index contributed by atoms with van der Waals surface area (Å²) in [5, 5.41) is 25.6. The number of H-pyrrole nitrogens is 1. The molecule has 9 rings (SSSR count). The maximum absolute atomic E-state index is 15.2. The Kier molecular flexibility index (Phi) is 21.7. The molecule has 0 saturated carbocycles. The third-order valence-electron chi connectivity index (χ3n) is 15.4.